The summed E-state index contributed by atoms with van der Waals surface area (Å²) in [6, 6.07) is 31.8. The first kappa shape index (κ1) is 28.8. The zero-order valence-electron chi connectivity index (χ0n) is 23.4. The molecular weight excluding hydrogens is 567 g/mol. The van der Waals surface area contributed by atoms with Crippen molar-refractivity contribution in [2.24, 2.45) is 0 Å². The van der Waals surface area contributed by atoms with E-state index < -0.39 is 0 Å². The molecule has 204 valence electrons. The predicted molar refractivity (Wildman–Crippen MR) is 178 cm³/mol. The van der Waals surface area contributed by atoms with Crippen molar-refractivity contribution in [3.63, 3.8) is 0 Å². The highest BCUT2D eigenvalue weighted by atomic mass is 32.1. The van der Waals surface area contributed by atoms with Crippen LogP contribution < -0.4 is 4.90 Å². The fraction of sp³-hybridized carbons (Fsp3) is 0.0556. The lowest BCUT2D eigenvalue weighted by Crippen LogP contribution is -2.07. The van der Waals surface area contributed by atoms with Crippen molar-refractivity contribution in [1.29, 1.82) is 21.0 Å². The summed E-state index contributed by atoms with van der Waals surface area (Å²) in [7, 11) is 4.05. The number of hydrogen-bond acceptors (Lipinski definition) is 7. The van der Waals surface area contributed by atoms with Crippen molar-refractivity contribution in [2.75, 3.05) is 19.0 Å². The van der Waals surface area contributed by atoms with E-state index in [1.54, 1.807) is 34.8 Å². The maximum Gasteiger partial charge on any atom is 0.138 e. The average Bonchev–Trinajstić information content (AvgIpc) is 3.76. The highest BCUT2D eigenvalue weighted by Crippen LogP contribution is 2.49. The third-order valence-electron chi connectivity index (χ3n) is 6.79. The first-order valence-electron chi connectivity index (χ1n) is 13.2. The van der Waals surface area contributed by atoms with Gasteiger partial charge in [0.05, 0.1) is 0 Å². The van der Waals surface area contributed by atoms with Gasteiger partial charge in [0.15, 0.2) is 0 Å². The van der Waals surface area contributed by atoms with Crippen molar-refractivity contribution in [2.45, 2.75) is 0 Å². The van der Waals surface area contributed by atoms with Gasteiger partial charge in [-0.1, -0.05) is 42.5 Å². The Labute approximate surface area is 259 Å². The third-order valence-corrected chi connectivity index (χ3v) is 8.81. The van der Waals surface area contributed by atoms with Crippen molar-refractivity contribution >= 4 is 69.9 Å². The van der Waals surface area contributed by atoms with Crippen molar-refractivity contribution in [3.8, 4) is 24.3 Å². The standard InChI is InChI=1S/C36H23N5S2/c1-41(2)27-10-7-24(8-11-27)9-12-28-13-14-29(42-28)15-16-30-17-18-31(43-30)19-34-35(25(20-37)21-38)32-5-3-4-6-33(32)36(34)26(22-39)23-40/h3-19H,1-2H3/b12-9+,16-15+. The number of thiophene rings is 2. The van der Waals surface area contributed by atoms with Crippen LogP contribution >= 0.6 is 22.7 Å². The van der Waals surface area contributed by atoms with Gasteiger partial charge in [0.25, 0.3) is 0 Å². The molecule has 4 aromatic rings. The lowest BCUT2D eigenvalue weighted by atomic mass is 9.96. The Balaban J connectivity index is 1.41. The number of rotatable bonds is 6. The molecule has 0 radical (unpaired) electrons. The minimum absolute atomic E-state index is 0.0614. The molecule has 0 bridgehead atoms. The molecule has 2 aromatic heterocycles. The van der Waals surface area contributed by atoms with E-state index in [0.29, 0.717) is 27.8 Å². The number of hydrogen-bond donors (Lipinski definition) is 0. The van der Waals surface area contributed by atoms with Crippen molar-refractivity contribution in [1.82, 2.24) is 0 Å². The largest absolute Gasteiger partial charge is 0.378 e. The molecule has 0 unspecified atom stereocenters. The third kappa shape index (κ3) is 6.15. The summed E-state index contributed by atoms with van der Waals surface area (Å²) in [5.41, 5.74) is 4.92. The quantitative estimate of drug-likeness (QED) is 0.209. The summed E-state index contributed by atoms with van der Waals surface area (Å²) in [4.78, 5) is 6.25. The van der Waals surface area contributed by atoms with Gasteiger partial charge in [-0.3, -0.25) is 0 Å². The van der Waals surface area contributed by atoms with Crippen molar-refractivity contribution < 1.29 is 0 Å². The minimum Gasteiger partial charge on any atom is -0.378 e. The van der Waals surface area contributed by atoms with Crippen LogP contribution in [0.2, 0.25) is 0 Å². The van der Waals surface area contributed by atoms with Crippen LogP contribution in [0.3, 0.4) is 0 Å². The van der Waals surface area contributed by atoms with E-state index in [1.165, 1.54) is 5.69 Å². The summed E-state index contributed by atoms with van der Waals surface area (Å²) < 4.78 is 0. The average molecular weight is 590 g/mol. The molecule has 0 fully saturated rings. The van der Waals surface area contributed by atoms with E-state index >= 15 is 0 Å². The lowest BCUT2D eigenvalue weighted by molar-refractivity contribution is 1.13. The first-order chi connectivity index (χ1) is 20.9. The Kier molecular flexibility index (Phi) is 8.62. The molecule has 0 saturated heterocycles. The summed E-state index contributed by atoms with van der Waals surface area (Å²) >= 11 is 3.24. The Hall–Kier alpha value is -5.70. The molecule has 2 aromatic carbocycles. The summed E-state index contributed by atoms with van der Waals surface area (Å²) in [5, 5.41) is 38.9. The summed E-state index contributed by atoms with van der Waals surface area (Å²) in [6.45, 7) is 0. The van der Waals surface area contributed by atoms with Gasteiger partial charge in [-0.05, 0) is 83.0 Å². The summed E-state index contributed by atoms with van der Waals surface area (Å²) in [6.07, 6.45) is 10.2. The van der Waals surface area contributed by atoms with Gasteiger partial charge in [0.2, 0.25) is 0 Å². The van der Waals surface area contributed by atoms with Crippen LogP contribution in [0.25, 0.3) is 41.5 Å². The molecule has 1 aliphatic rings. The SMILES string of the molecule is CN(C)c1ccc(/C=C/c2ccc(/C=C/c3ccc(C=C4C(=C(C#N)C#N)c5ccccc5C4=C(C#N)C#N)s3)s2)cc1. The molecule has 7 heteroatoms. The van der Waals surface area contributed by atoms with E-state index in [9.17, 15) is 21.0 Å². The molecule has 1 aliphatic carbocycles. The molecule has 5 nitrogen and oxygen atoms in total. The zero-order chi connectivity index (χ0) is 30.3. The Morgan fingerprint density at radius 3 is 1.49 bits per heavy atom. The molecule has 0 N–H and O–H groups in total. The van der Waals surface area contributed by atoms with Gasteiger partial charge in [-0.2, -0.15) is 21.0 Å². The maximum atomic E-state index is 9.72. The van der Waals surface area contributed by atoms with E-state index in [0.717, 1.165) is 25.1 Å². The molecular formula is C36H23N5S2. The van der Waals surface area contributed by atoms with E-state index in [-0.39, 0.29) is 11.1 Å². The van der Waals surface area contributed by atoms with Crippen LogP contribution in [0.1, 0.15) is 36.2 Å². The van der Waals surface area contributed by atoms with E-state index in [4.69, 9.17) is 0 Å². The molecule has 0 amide bonds. The van der Waals surface area contributed by atoms with Crippen LogP contribution in [-0.4, -0.2) is 14.1 Å². The number of allylic oxidation sites excluding steroid dienone is 5. The number of fused-ring (bicyclic) bond motifs is 1. The topological polar surface area (TPSA) is 98.4 Å². The van der Waals surface area contributed by atoms with Crippen molar-refractivity contribution in [3.05, 3.63) is 126 Å². The Morgan fingerprint density at radius 1 is 0.581 bits per heavy atom. The molecule has 0 aliphatic heterocycles. The second kappa shape index (κ2) is 12.9. The monoisotopic (exact) mass is 589 g/mol. The van der Waals surface area contributed by atoms with Gasteiger partial charge in [-0.15, -0.1) is 22.7 Å². The van der Waals surface area contributed by atoms with Gasteiger partial charge in [-0.25, -0.2) is 0 Å². The zero-order valence-corrected chi connectivity index (χ0v) is 25.0. The summed E-state index contributed by atoms with van der Waals surface area (Å²) in [5.74, 6) is 0. The molecule has 43 heavy (non-hydrogen) atoms. The molecule has 2 heterocycles. The molecule has 0 spiro atoms. The van der Waals surface area contributed by atoms with Crippen LogP contribution in [0.15, 0.2) is 89.5 Å². The highest BCUT2D eigenvalue weighted by Gasteiger charge is 2.32. The smallest absolute Gasteiger partial charge is 0.138 e. The fourth-order valence-electron chi connectivity index (χ4n) is 4.74. The van der Waals surface area contributed by atoms with Crippen LogP contribution in [0.4, 0.5) is 5.69 Å². The second-order valence-electron chi connectivity index (χ2n) is 9.68. The first-order valence-corrected chi connectivity index (χ1v) is 14.8. The Morgan fingerprint density at radius 2 is 1.02 bits per heavy atom. The fourth-order valence-corrected chi connectivity index (χ4v) is 6.42. The minimum atomic E-state index is -0.0614. The normalized spacial score (nSPS) is 12.0. The lowest BCUT2D eigenvalue weighted by Gasteiger charge is -2.11. The van der Waals surface area contributed by atoms with Gasteiger partial charge in [0, 0.05) is 50.4 Å². The number of anilines is 1. The maximum absolute atomic E-state index is 9.72. The number of benzene rings is 2. The van der Waals surface area contributed by atoms with Crippen LogP contribution in [0, 0.1) is 45.3 Å². The van der Waals surface area contributed by atoms with E-state index in [1.807, 2.05) is 68.7 Å². The second-order valence-corrected chi connectivity index (χ2v) is 12.0. The van der Waals surface area contributed by atoms with Crippen LogP contribution in [0.5, 0.6) is 0 Å². The molecule has 0 saturated carbocycles. The van der Waals surface area contributed by atoms with Gasteiger partial charge < -0.3 is 4.90 Å². The van der Waals surface area contributed by atoms with E-state index in [2.05, 4.69) is 65.6 Å². The number of nitrogens with zero attached hydrogens (tertiary/aromatic N) is 5. The molecule has 0 atom stereocenters. The molecule has 5 rings (SSSR count). The highest BCUT2D eigenvalue weighted by molar-refractivity contribution is 7.14. The number of nitriles is 4. The Bertz CT molecular complexity index is 1930. The predicted octanol–water partition coefficient (Wildman–Crippen LogP) is 8.92. The van der Waals surface area contributed by atoms with Gasteiger partial charge in [0.1, 0.15) is 35.4 Å². The van der Waals surface area contributed by atoms with Crippen LogP contribution in [-0.2, 0) is 0 Å². The van der Waals surface area contributed by atoms with Gasteiger partial charge >= 0.3 is 0 Å².